The standard InChI is InChI=1S/C16H24N2O2.ClH/c1-3-20-15-6-4-5-12(10-15)11(2)18-16(19)13-7-8-14(17)9-13;/h4-6,10-11,13-14H,3,7-9,17H2,1-2H3,(H,18,19);1H. The van der Waals surface area contributed by atoms with E-state index >= 15 is 0 Å². The molecule has 3 N–H and O–H groups in total. The Balaban J connectivity index is 0.00000220. The zero-order valence-electron chi connectivity index (χ0n) is 12.7. The Bertz CT molecular complexity index is 467. The Kier molecular flexibility index (Phi) is 6.99. The molecule has 1 aromatic carbocycles. The van der Waals surface area contributed by atoms with Crippen LogP contribution >= 0.6 is 12.4 Å². The van der Waals surface area contributed by atoms with E-state index < -0.39 is 0 Å². The summed E-state index contributed by atoms with van der Waals surface area (Å²) in [6.45, 7) is 4.60. The smallest absolute Gasteiger partial charge is 0.223 e. The normalized spacial score (nSPS) is 22.2. The molecule has 4 nitrogen and oxygen atoms in total. The van der Waals surface area contributed by atoms with E-state index in [0.717, 1.165) is 30.6 Å². The minimum atomic E-state index is -0.0141. The Morgan fingerprint density at radius 1 is 1.48 bits per heavy atom. The van der Waals surface area contributed by atoms with Crippen molar-refractivity contribution in [1.29, 1.82) is 0 Å². The van der Waals surface area contributed by atoms with E-state index in [1.807, 2.05) is 38.1 Å². The number of nitrogens with one attached hydrogen (secondary N) is 1. The van der Waals surface area contributed by atoms with Crippen molar-refractivity contribution in [1.82, 2.24) is 5.32 Å². The molecule has 1 fully saturated rings. The minimum Gasteiger partial charge on any atom is -0.494 e. The van der Waals surface area contributed by atoms with Gasteiger partial charge in [0.2, 0.25) is 5.91 Å². The first-order valence-corrected chi connectivity index (χ1v) is 7.39. The van der Waals surface area contributed by atoms with E-state index in [4.69, 9.17) is 10.5 Å². The number of ether oxygens (including phenoxy) is 1. The van der Waals surface area contributed by atoms with E-state index in [0.29, 0.717) is 6.61 Å². The SMILES string of the molecule is CCOc1cccc(C(C)NC(=O)C2CCC(N)C2)c1.Cl. The van der Waals surface area contributed by atoms with E-state index in [2.05, 4.69) is 5.32 Å². The van der Waals surface area contributed by atoms with Crippen LogP contribution in [0.1, 0.15) is 44.7 Å². The molecule has 0 heterocycles. The summed E-state index contributed by atoms with van der Waals surface area (Å²) in [6, 6.07) is 8.04. The van der Waals surface area contributed by atoms with Crippen LogP contribution in [0, 0.1) is 5.92 Å². The summed E-state index contributed by atoms with van der Waals surface area (Å²) in [6.07, 6.45) is 2.66. The Morgan fingerprint density at radius 2 is 2.24 bits per heavy atom. The number of carbonyl (C=O) groups is 1. The zero-order valence-corrected chi connectivity index (χ0v) is 13.5. The van der Waals surface area contributed by atoms with Crippen molar-refractivity contribution in [3.8, 4) is 5.75 Å². The summed E-state index contributed by atoms with van der Waals surface area (Å²) < 4.78 is 5.49. The molecule has 1 saturated carbocycles. The van der Waals surface area contributed by atoms with Gasteiger partial charge < -0.3 is 15.8 Å². The van der Waals surface area contributed by atoms with Gasteiger partial charge in [0.05, 0.1) is 12.6 Å². The van der Waals surface area contributed by atoms with Gasteiger partial charge in [0.1, 0.15) is 5.75 Å². The predicted octanol–water partition coefficient (Wildman–Crippen LogP) is 2.81. The third-order valence-electron chi connectivity index (χ3n) is 3.87. The van der Waals surface area contributed by atoms with Crippen LogP contribution in [0.2, 0.25) is 0 Å². The van der Waals surface area contributed by atoms with Gasteiger partial charge in [-0.2, -0.15) is 0 Å². The fourth-order valence-electron chi connectivity index (χ4n) is 2.71. The van der Waals surface area contributed by atoms with Crippen LogP contribution in [0.25, 0.3) is 0 Å². The molecule has 0 bridgehead atoms. The highest BCUT2D eigenvalue weighted by Crippen LogP contribution is 2.26. The predicted molar refractivity (Wildman–Crippen MR) is 86.7 cm³/mol. The van der Waals surface area contributed by atoms with Gasteiger partial charge in [0, 0.05) is 12.0 Å². The molecule has 1 aromatic rings. The number of halogens is 1. The lowest BCUT2D eigenvalue weighted by molar-refractivity contribution is -0.125. The number of benzene rings is 1. The van der Waals surface area contributed by atoms with Crippen molar-refractivity contribution in [3.05, 3.63) is 29.8 Å². The van der Waals surface area contributed by atoms with Crippen LogP contribution in [0.3, 0.4) is 0 Å². The highest BCUT2D eigenvalue weighted by atomic mass is 35.5. The molecule has 3 atom stereocenters. The summed E-state index contributed by atoms with van der Waals surface area (Å²) in [7, 11) is 0. The summed E-state index contributed by atoms with van der Waals surface area (Å²) in [5.74, 6) is 1.03. The number of nitrogens with two attached hydrogens (primary N) is 1. The summed E-state index contributed by atoms with van der Waals surface area (Å²) in [5.41, 5.74) is 6.92. The van der Waals surface area contributed by atoms with Crippen LogP contribution in [0.15, 0.2) is 24.3 Å². The third kappa shape index (κ3) is 4.90. The molecule has 21 heavy (non-hydrogen) atoms. The van der Waals surface area contributed by atoms with Crippen LogP contribution < -0.4 is 15.8 Å². The number of hydrogen-bond acceptors (Lipinski definition) is 3. The molecule has 5 heteroatoms. The third-order valence-corrected chi connectivity index (χ3v) is 3.87. The number of amides is 1. The molecular weight excluding hydrogens is 288 g/mol. The molecule has 1 aliphatic rings. The highest BCUT2D eigenvalue weighted by molar-refractivity contribution is 5.85. The van der Waals surface area contributed by atoms with Gasteiger partial charge in [-0.05, 0) is 50.8 Å². The maximum atomic E-state index is 12.2. The number of carbonyl (C=O) groups excluding carboxylic acids is 1. The first kappa shape index (κ1) is 17.8. The van der Waals surface area contributed by atoms with Gasteiger partial charge in [-0.25, -0.2) is 0 Å². The van der Waals surface area contributed by atoms with E-state index in [-0.39, 0.29) is 36.3 Å². The van der Waals surface area contributed by atoms with Crippen molar-refractivity contribution in [2.24, 2.45) is 11.7 Å². The Morgan fingerprint density at radius 3 is 2.86 bits per heavy atom. The summed E-state index contributed by atoms with van der Waals surface area (Å²) in [5, 5.41) is 3.08. The van der Waals surface area contributed by atoms with Crippen LogP contribution in [-0.2, 0) is 4.79 Å². The fraction of sp³-hybridized carbons (Fsp3) is 0.562. The van der Waals surface area contributed by atoms with Crippen LogP contribution in [-0.4, -0.2) is 18.6 Å². The number of hydrogen-bond donors (Lipinski definition) is 2. The van der Waals surface area contributed by atoms with Crippen molar-refractivity contribution in [2.45, 2.75) is 45.2 Å². The van der Waals surface area contributed by atoms with Gasteiger partial charge in [-0.15, -0.1) is 12.4 Å². The zero-order chi connectivity index (χ0) is 14.5. The van der Waals surface area contributed by atoms with E-state index in [1.54, 1.807) is 0 Å². The van der Waals surface area contributed by atoms with E-state index in [1.165, 1.54) is 0 Å². The quantitative estimate of drug-likeness (QED) is 0.878. The van der Waals surface area contributed by atoms with Gasteiger partial charge in [0.25, 0.3) is 0 Å². The van der Waals surface area contributed by atoms with Gasteiger partial charge in [-0.1, -0.05) is 12.1 Å². The van der Waals surface area contributed by atoms with Gasteiger partial charge >= 0.3 is 0 Å². The monoisotopic (exact) mass is 312 g/mol. The largest absolute Gasteiger partial charge is 0.494 e. The second-order valence-electron chi connectivity index (χ2n) is 5.51. The fourth-order valence-corrected chi connectivity index (χ4v) is 2.71. The Labute approximate surface area is 132 Å². The van der Waals surface area contributed by atoms with Crippen molar-refractivity contribution < 1.29 is 9.53 Å². The summed E-state index contributed by atoms with van der Waals surface area (Å²) in [4.78, 5) is 12.2. The van der Waals surface area contributed by atoms with Crippen molar-refractivity contribution >= 4 is 18.3 Å². The minimum absolute atomic E-state index is 0. The summed E-state index contributed by atoms with van der Waals surface area (Å²) >= 11 is 0. The van der Waals surface area contributed by atoms with Gasteiger partial charge in [0.15, 0.2) is 0 Å². The molecule has 1 aliphatic carbocycles. The van der Waals surface area contributed by atoms with Crippen molar-refractivity contribution in [3.63, 3.8) is 0 Å². The maximum Gasteiger partial charge on any atom is 0.223 e. The molecule has 1 amide bonds. The molecule has 0 saturated heterocycles. The molecular formula is C16H25ClN2O2. The first-order chi connectivity index (χ1) is 9.60. The molecule has 0 spiro atoms. The lowest BCUT2D eigenvalue weighted by atomic mass is 10.0. The second kappa shape index (κ2) is 8.25. The number of rotatable bonds is 5. The lowest BCUT2D eigenvalue weighted by Gasteiger charge is -2.18. The topological polar surface area (TPSA) is 64.3 Å². The van der Waals surface area contributed by atoms with Crippen LogP contribution in [0.4, 0.5) is 0 Å². The average molecular weight is 313 g/mol. The average Bonchev–Trinajstić information content (AvgIpc) is 2.86. The molecule has 0 radical (unpaired) electrons. The molecule has 2 rings (SSSR count). The highest BCUT2D eigenvalue weighted by Gasteiger charge is 2.28. The van der Waals surface area contributed by atoms with E-state index in [9.17, 15) is 4.79 Å². The molecule has 0 aromatic heterocycles. The lowest BCUT2D eigenvalue weighted by Crippen LogP contribution is -2.32. The maximum absolute atomic E-state index is 12.2. The first-order valence-electron chi connectivity index (χ1n) is 7.39. The van der Waals surface area contributed by atoms with Gasteiger partial charge in [-0.3, -0.25) is 4.79 Å². The van der Waals surface area contributed by atoms with Crippen LogP contribution in [0.5, 0.6) is 5.75 Å². The Hall–Kier alpha value is -1.26. The molecule has 0 aliphatic heterocycles. The molecule has 118 valence electrons. The second-order valence-corrected chi connectivity index (χ2v) is 5.51. The van der Waals surface area contributed by atoms with Crippen molar-refractivity contribution in [2.75, 3.05) is 6.61 Å². The molecule has 3 unspecified atom stereocenters.